The Labute approximate surface area is 148 Å². The topological polar surface area (TPSA) is 53.5 Å². The molecule has 1 aliphatic rings. The average Bonchev–Trinajstić information content (AvgIpc) is 2.45. The van der Waals surface area contributed by atoms with Gasteiger partial charge in [0.25, 0.3) is 5.91 Å². The summed E-state index contributed by atoms with van der Waals surface area (Å²) in [7, 11) is 0. The Kier molecular flexibility index (Phi) is 7.39. The Morgan fingerprint density at radius 1 is 1.09 bits per heavy atom. The van der Waals surface area contributed by atoms with Gasteiger partial charge in [0.2, 0.25) is 0 Å². The van der Waals surface area contributed by atoms with Crippen molar-refractivity contribution >= 4 is 49.2 Å². The minimum atomic E-state index is -0.121. The van der Waals surface area contributed by atoms with Crippen molar-refractivity contribution in [1.29, 1.82) is 0 Å². The Morgan fingerprint density at radius 2 is 1.77 bits per heavy atom. The summed E-state index contributed by atoms with van der Waals surface area (Å²) in [5.74, 6) is -0.121. The lowest BCUT2D eigenvalue weighted by molar-refractivity contribution is -0.119. The molecular formula is C16H21Br2N3O. The molecule has 1 aliphatic carbocycles. The quantitative estimate of drug-likeness (QED) is 0.671. The van der Waals surface area contributed by atoms with Crippen LogP contribution in [0.15, 0.2) is 32.2 Å². The van der Waals surface area contributed by atoms with Crippen LogP contribution in [0, 0.1) is 0 Å². The molecule has 0 saturated heterocycles. The molecule has 0 atom stereocenters. The van der Waals surface area contributed by atoms with Gasteiger partial charge >= 0.3 is 0 Å². The number of nitrogens with one attached hydrogen (secondary N) is 2. The summed E-state index contributed by atoms with van der Waals surface area (Å²) in [5.41, 5.74) is 4.67. The van der Waals surface area contributed by atoms with Crippen LogP contribution in [0.3, 0.4) is 0 Å². The van der Waals surface area contributed by atoms with Crippen molar-refractivity contribution < 1.29 is 4.79 Å². The van der Waals surface area contributed by atoms with Crippen LogP contribution in [0.1, 0.15) is 44.9 Å². The molecular weight excluding hydrogens is 410 g/mol. The maximum absolute atomic E-state index is 11.9. The van der Waals surface area contributed by atoms with Crippen LogP contribution >= 0.6 is 31.9 Å². The lowest BCUT2D eigenvalue weighted by Crippen LogP contribution is -2.27. The molecule has 120 valence electrons. The highest BCUT2D eigenvalue weighted by Crippen LogP contribution is 2.25. The standard InChI is InChI=1S/C16H21Br2N3O/c17-12-8-9-15(14(18)10-12)19-11-16(22)21-20-13-6-4-2-1-3-5-7-13/h8-10,19H,1-7,11H2,(H,21,22). The number of rotatable bonds is 4. The summed E-state index contributed by atoms with van der Waals surface area (Å²) in [5, 5.41) is 7.39. The van der Waals surface area contributed by atoms with Gasteiger partial charge in [-0.1, -0.05) is 35.2 Å². The molecule has 6 heteroatoms. The number of hydrazone groups is 1. The minimum absolute atomic E-state index is 0.121. The number of amides is 1. The molecule has 0 unspecified atom stereocenters. The fourth-order valence-electron chi connectivity index (χ4n) is 2.41. The summed E-state index contributed by atoms with van der Waals surface area (Å²) < 4.78 is 1.91. The molecule has 1 aromatic rings. The van der Waals surface area contributed by atoms with Crippen molar-refractivity contribution in [2.45, 2.75) is 44.9 Å². The molecule has 1 saturated carbocycles. The van der Waals surface area contributed by atoms with Crippen LogP contribution in [0.4, 0.5) is 5.69 Å². The second-order valence-corrected chi connectivity index (χ2v) is 7.23. The van der Waals surface area contributed by atoms with E-state index < -0.39 is 0 Å². The zero-order chi connectivity index (χ0) is 15.8. The fourth-order valence-corrected chi connectivity index (χ4v) is 3.60. The lowest BCUT2D eigenvalue weighted by atomic mass is 9.99. The van der Waals surface area contributed by atoms with E-state index in [0.29, 0.717) is 0 Å². The normalized spacial score (nSPS) is 15.6. The zero-order valence-electron chi connectivity index (χ0n) is 12.5. The molecule has 0 aliphatic heterocycles. The highest BCUT2D eigenvalue weighted by molar-refractivity contribution is 9.11. The first-order chi connectivity index (χ1) is 10.6. The number of hydrogen-bond donors (Lipinski definition) is 2. The minimum Gasteiger partial charge on any atom is -0.375 e. The van der Waals surface area contributed by atoms with E-state index in [4.69, 9.17) is 0 Å². The van der Waals surface area contributed by atoms with Gasteiger partial charge in [-0.05, 0) is 59.8 Å². The van der Waals surface area contributed by atoms with E-state index in [0.717, 1.165) is 33.2 Å². The molecule has 0 aromatic heterocycles. The first-order valence-corrected chi connectivity index (χ1v) is 9.27. The molecule has 1 aromatic carbocycles. The highest BCUT2D eigenvalue weighted by Gasteiger charge is 2.07. The monoisotopic (exact) mass is 429 g/mol. The SMILES string of the molecule is O=C(CNc1ccc(Br)cc1Br)NN=C1CCCCCCC1. The zero-order valence-corrected chi connectivity index (χ0v) is 15.7. The van der Waals surface area contributed by atoms with E-state index >= 15 is 0 Å². The molecule has 2 rings (SSSR count). The summed E-state index contributed by atoms with van der Waals surface area (Å²) >= 11 is 6.87. The molecule has 0 bridgehead atoms. The smallest absolute Gasteiger partial charge is 0.259 e. The first kappa shape index (κ1) is 17.5. The van der Waals surface area contributed by atoms with Gasteiger partial charge in [0.05, 0.1) is 6.54 Å². The number of benzene rings is 1. The van der Waals surface area contributed by atoms with Crippen LogP contribution < -0.4 is 10.7 Å². The second kappa shape index (κ2) is 9.30. The van der Waals surface area contributed by atoms with Crippen LogP contribution in [-0.4, -0.2) is 18.2 Å². The molecule has 2 N–H and O–H groups in total. The third kappa shape index (κ3) is 6.08. The van der Waals surface area contributed by atoms with Crippen LogP contribution in [0.5, 0.6) is 0 Å². The van der Waals surface area contributed by atoms with Crippen molar-refractivity contribution in [2.75, 3.05) is 11.9 Å². The van der Waals surface area contributed by atoms with Crippen molar-refractivity contribution in [3.8, 4) is 0 Å². The number of carbonyl (C=O) groups excluding carboxylic acids is 1. The van der Waals surface area contributed by atoms with E-state index in [9.17, 15) is 4.79 Å². The molecule has 22 heavy (non-hydrogen) atoms. The molecule has 1 fully saturated rings. The van der Waals surface area contributed by atoms with E-state index in [2.05, 4.69) is 47.7 Å². The van der Waals surface area contributed by atoms with Gasteiger partial charge in [-0.15, -0.1) is 0 Å². The average molecular weight is 431 g/mol. The van der Waals surface area contributed by atoms with Crippen LogP contribution in [0.25, 0.3) is 0 Å². The third-order valence-electron chi connectivity index (χ3n) is 3.64. The molecule has 0 spiro atoms. The predicted molar refractivity (Wildman–Crippen MR) is 98.2 cm³/mol. The lowest BCUT2D eigenvalue weighted by Gasteiger charge is -2.11. The second-order valence-electron chi connectivity index (χ2n) is 5.46. The van der Waals surface area contributed by atoms with E-state index in [1.54, 1.807) is 0 Å². The molecule has 0 radical (unpaired) electrons. The maximum atomic E-state index is 11.9. The van der Waals surface area contributed by atoms with Gasteiger partial charge in [-0.25, -0.2) is 5.43 Å². The maximum Gasteiger partial charge on any atom is 0.259 e. The Morgan fingerprint density at radius 3 is 2.45 bits per heavy atom. The number of hydrogen-bond acceptors (Lipinski definition) is 3. The van der Waals surface area contributed by atoms with Crippen LogP contribution in [-0.2, 0) is 4.79 Å². The first-order valence-electron chi connectivity index (χ1n) is 7.68. The van der Waals surface area contributed by atoms with Gasteiger partial charge in [0, 0.05) is 20.3 Å². The van der Waals surface area contributed by atoms with Crippen molar-refractivity contribution in [3.05, 3.63) is 27.1 Å². The summed E-state index contributed by atoms with van der Waals surface area (Å²) in [6, 6.07) is 5.79. The Hall–Kier alpha value is -0.880. The molecule has 0 heterocycles. The van der Waals surface area contributed by atoms with Gasteiger partial charge in [0.15, 0.2) is 0 Å². The fraction of sp³-hybridized carbons (Fsp3) is 0.500. The van der Waals surface area contributed by atoms with Crippen molar-refractivity contribution in [2.24, 2.45) is 5.10 Å². The Balaban J connectivity index is 1.79. The summed E-state index contributed by atoms with van der Waals surface area (Å²) in [6.45, 7) is 0.205. The highest BCUT2D eigenvalue weighted by atomic mass is 79.9. The number of nitrogens with zero attached hydrogens (tertiary/aromatic N) is 1. The van der Waals surface area contributed by atoms with E-state index in [-0.39, 0.29) is 12.5 Å². The molecule has 4 nitrogen and oxygen atoms in total. The van der Waals surface area contributed by atoms with Crippen LogP contribution in [0.2, 0.25) is 0 Å². The number of carbonyl (C=O) groups is 1. The number of halogens is 2. The van der Waals surface area contributed by atoms with E-state index in [1.165, 1.54) is 32.1 Å². The summed E-state index contributed by atoms with van der Waals surface area (Å²) in [4.78, 5) is 11.9. The van der Waals surface area contributed by atoms with Gasteiger partial charge in [0.1, 0.15) is 0 Å². The predicted octanol–water partition coefficient (Wildman–Crippen LogP) is 4.84. The third-order valence-corrected chi connectivity index (χ3v) is 4.79. The van der Waals surface area contributed by atoms with Gasteiger partial charge < -0.3 is 5.32 Å². The van der Waals surface area contributed by atoms with Gasteiger partial charge in [-0.2, -0.15) is 5.10 Å². The summed E-state index contributed by atoms with van der Waals surface area (Å²) in [6.07, 6.45) is 8.24. The largest absolute Gasteiger partial charge is 0.375 e. The Bertz CT molecular complexity index is 536. The van der Waals surface area contributed by atoms with Gasteiger partial charge in [-0.3, -0.25) is 4.79 Å². The molecule has 1 amide bonds. The van der Waals surface area contributed by atoms with E-state index in [1.807, 2.05) is 18.2 Å². The number of anilines is 1. The van der Waals surface area contributed by atoms with Crippen molar-refractivity contribution in [3.63, 3.8) is 0 Å². The van der Waals surface area contributed by atoms with Crippen molar-refractivity contribution in [1.82, 2.24) is 5.43 Å².